The van der Waals surface area contributed by atoms with Gasteiger partial charge in [0.15, 0.2) is 0 Å². The second-order valence-electron chi connectivity index (χ2n) is 6.39. The number of benzene rings is 2. The van der Waals surface area contributed by atoms with Crippen LogP contribution in [0.25, 0.3) is 10.9 Å². The Labute approximate surface area is 151 Å². The van der Waals surface area contributed by atoms with E-state index in [0.717, 1.165) is 29.8 Å². The van der Waals surface area contributed by atoms with Crippen molar-refractivity contribution in [3.8, 4) is 5.75 Å². The lowest BCUT2D eigenvalue weighted by Gasteiger charge is -2.24. The minimum Gasteiger partial charge on any atom is -0.496 e. The van der Waals surface area contributed by atoms with Gasteiger partial charge in [0.05, 0.1) is 12.7 Å². The number of hydrogen-bond donors (Lipinski definition) is 2. The Morgan fingerprint density at radius 2 is 2.12 bits per heavy atom. The van der Waals surface area contributed by atoms with E-state index in [1.54, 1.807) is 19.2 Å². The summed E-state index contributed by atoms with van der Waals surface area (Å²) in [5.74, 6) is 0.507. The van der Waals surface area contributed by atoms with Gasteiger partial charge < -0.3 is 15.0 Å². The van der Waals surface area contributed by atoms with Crippen LogP contribution in [0.5, 0.6) is 5.75 Å². The number of para-hydroxylation sites is 1. The van der Waals surface area contributed by atoms with Crippen molar-refractivity contribution in [3.05, 3.63) is 64.3 Å². The minimum absolute atomic E-state index is 0.0891. The van der Waals surface area contributed by atoms with E-state index >= 15 is 0 Å². The number of carbonyl (C=O) groups is 1. The molecule has 0 fully saturated rings. The standard InChI is InChI=1S/C20H19ClN2O2/c1-25-19-5-3-2-4-15(19)20(24)22-13-7-9-17-16(11-13)14-8-6-12(21)10-18(14)23-17/h2-6,8,10,13,23H,7,9,11H2,1H3,(H,22,24). The molecular weight excluding hydrogens is 336 g/mol. The van der Waals surface area contributed by atoms with Crippen molar-refractivity contribution in [3.63, 3.8) is 0 Å². The third kappa shape index (κ3) is 2.98. The number of hydrogen-bond acceptors (Lipinski definition) is 2. The Kier molecular flexibility index (Phi) is 4.14. The highest BCUT2D eigenvalue weighted by Crippen LogP contribution is 2.31. The maximum atomic E-state index is 12.6. The summed E-state index contributed by atoms with van der Waals surface area (Å²) in [7, 11) is 1.58. The Morgan fingerprint density at radius 1 is 1.28 bits per heavy atom. The molecule has 0 radical (unpaired) electrons. The summed E-state index contributed by atoms with van der Waals surface area (Å²) >= 11 is 6.09. The fourth-order valence-corrected chi connectivity index (χ4v) is 3.79. The first kappa shape index (κ1) is 16.0. The van der Waals surface area contributed by atoms with Gasteiger partial charge in [-0.2, -0.15) is 0 Å². The van der Waals surface area contributed by atoms with Crippen LogP contribution in [-0.2, 0) is 12.8 Å². The molecule has 2 N–H and O–H groups in total. The van der Waals surface area contributed by atoms with Crippen molar-refractivity contribution < 1.29 is 9.53 Å². The number of rotatable bonds is 3. The van der Waals surface area contributed by atoms with Crippen LogP contribution in [0.3, 0.4) is 0 Å². The number of carbonyl (C=O) groups excluding carboxylic acids is 1. The monoisotopic (exact) mass is 354 g/mol. The molecule has 2 aromatic carbocycles. The van der Waals surface area contributed by atoms with Crippen LogP contribution in [0.4, 0.5) is 0 Å². The topological polar surface area (TPSA) is 54.1 Å². The molecule has 0 saturated carbocycles. The average Bonchev–Trinajstić information content (AvgIpc) is 2.98. The molecule has 4 rings (SSSR count). The lowest BCUT2D eigenvalue weighted by molar-refractivity contribution is 0.0930. The molecule has 128 valence electrons. The third-order valence-electron chi connectivity index (χ3n) is 4.84. The predicted molar refractivity (Wildman–Crippen MR) is 99.6 cm³/mol. The number of fused-ring (bicyclic) bond motifs is 3. The molecule has 1 aromatic heterocycles. The zero-order chi connectivity index (χ0) is 17.4. The molecule has 5 heteroatoms. The number of halogens is 1. The second-order valence-corrected chi connectivity index (χ2v) is 6.82. The smallest absolute Gasteiger partial charge is 0.255 e. The first-order valence-corrected chi connectivity index (χ1v) is 8.76. The van der Waals surface area contributed by atoms with Crippen molar-refractivity contribution in [1.82, 2.24) is 10.3 Å². The molecule has 4 nitrogen and oxygen atoms in total. The van der Waals surface area contributed by atoms with Gasteiger partial charge >= 0.3 is 0 Å². The van der Waals surface area contributed by atoms with Gasteiger partial charge in [-0.25, -0.2) is 0 Å². The van der Waals surface area contributed by atoms with Crippen LogP contribution >= 0.6 is 11.6 Å². The van der Waals surface area contributed by atoms with Crippen molar-refractivity contribution in [1.29, 1.82) is 0 Å². The van der Waals surface area contributed by atoms with E-state index < -0.39 is 0 Å². The summed E-state index contributed by atoms with van der Waals surface area (Å²) in [5.41, 5.74) is 4.17. The Morgan fingerprint density at radius 3 is 2.96 bits per heavy atom. The Balaban J connectivity index is 1.56. The number of aromatic nitrogens is 1. The highest BCUT2D eigenvalue weighted by molar-refractivity contribution is 6.31. The fourth-order valence-electron chi connectivity index (χ4n) is 3.62. The summed E-state index contributed by atoms with van der Waals surface area (Å²) in [6, 6.07) is 13.3. The molecule has 1 amide bonds. The van der Waals surface area contributed by atoms with E-state index in [9.17, 15) is 4.79 Å². The molecule has 0 saturated heterocycles. The van der Waals surface area contributed by atoms with Crippen LogP contribution in [0.15, 0.2) is 42.5 Å². The van der Waals surface area contributed by atoms with E-state index in [2.05, 4.69) is 16.4 Å². The Hall–Kier alpha value is -2.46. The molecule has 1 aliphatic rings. The number of H-pyrrole nitrogens is 1. The van der Waals surface area contributed by atoms with E-state index in [0.29, 0.717) is 11.3 Å². The highest BCUT2D eigenvalue weighted by Gasteiger charge is 2.24. The van der Waals surface area contributed by atoms with Gasteiger partial charge in [-0.3, -0.25) is 4.79 Å². The molecule has 1 heterocycles. The highest BCUT2D eigenvalue weighted by atomic mass is 35.5. The number of amides is 1. The lowest BCUT2D eigenvalue weighted by Crippen LogP contribution is -2.38. The fraction of sp³-hybridized carbons (Fsp3) is 0.250. The van der Waals surface area contributed by atoms with Crippen LogP contribution in [0.2, 0.25) is 5.02 Å². The van der Waals surface area contributed by atoms with Gasteiger partial charge in [0.1, 0.15) is 5.75 Å². The molecule has 0 spiro atoms. The summed E-state index contributed by atoms with van der Waals surface area (Å²) in [4.78, 5) is 16.1. The second kappa shape index (κ2) is 6.45. The SMILES string of the molecule is COc1ccccc1C(=O)NC1CCc2[nH]c3cc(Cl)ccc3c2C1. The average molecular weight is 355 g/mol. The number of methoxy groups -OCH3 is 1. The maximum Gasteiger partial charge on any atom is 0.255 e. The molecule has 1 atom stereocenters. The van der Waals surface area contributed by atoms with Gasteiger partial charge in [-0.1, -0.05) is 29.8 Å². The van der Waals surface area contributed by atoms with Crippen LogP contribution in [0, 0.1) is 0 Å². The summed E-state index contributed by atoms with van der Waals surface area (Å²) < 4.78 is 5.29. The quantitative estimate of drug-likeness (QED) is 0.743. The first-order valence-electron chi connectivity index (χ1n) is 8.38. The molecular formula is C20H19ClN2O2. The van der Waals surface area contributed by atoms with Gasteiger partial charge in [0.2, 0.25) is 0 Å². The first-order chi connectivity index (χ1) is 12.2. The zero-order valence-corrected chi connectivity index (χ0v) is 14.7. The van der Waals surface area contributed by atoms with Crippen LogP contribution in [0.1, 0.15) is 28.0 Å². The van der Waals surface area contributed by atoms with Crippen molar-refractivity contribution in [2.75, 3.05) is 7.11 Å². The number of aromatic amines is 1. The summed E-state index contributed by atoms with van der Waals surface area (Å²) in [6.45, 7) is 0. The largest absolute Gasteiger partial charge is 0.496 e. The number of ether oxygens (including phenoxy) is 1. The summed E-state index contributed by atoms with van der Waals surface area (Å²) in [5, 5.41) is 5.08. The van der Waals surface area contributed by atoms with Crippen molar-refractivity contribution >= 4 is 28.4 Å². The van der Waals surface area contributed by atoms with Crippen molar-refractivity contribution in [2.45, 2.75) is 25.3 Å². The number of nitrogens with one attached hydrogen (secondary N) is 2. The molecule has 3 aromatic rings. The lowest BCUT2D eigenvalue weighted by atomic mass is 9.91. The number of aryl methyl sites for hydroxylation is 1. The van der Waals surface area contributed by atoms with E-state index in [1.165, 1.54) is 16.6 Å². The minimum atomic E-state index is -0.0891. The van der Waals surface area contributed by atoms with E-state index in [1.807, 2.05) is 24.3 Å². The molecule has 0 aliphatic heterocycles. The molecule has 1 unspecified atom stereocenters. The molecule has 0 bridgehead atoms. The molecule has 1 aliphatic carbocycles. The Bertz CT molecular complexity index is 948. The van der Waals surface area contributed by atoms with Gasteiger partial charge in [0.25, 0.3) is 5.91 Å². The van der Waals surface area contributed by atoms with Gasteiger partial charge in [-0.05, 0) is 49.1 Å². The van der Waals surface area contributed by atoms with E-state index in [4.69, 9.17) is 16.3 Å². The van der Waals surface area contributed by atoms with E-state index in [-0.39, 0.29) is 11.9 Å². The molecule has 25 heavy (non-hydrogen) atoms. The van der Waals surface area contributed by atoms with Gasteiger partial charge in [-0.15, -0.1) is 0 Å². The maximum absolute atomic E-state index is 12.6. The van der Waals surface area contributed by atoms with Gasteiger partial charge in [0, 0.05) is 27.7 Å². The third-order valence-corrected chi connectivity index (χ3v) is 5.07. The predicted octanol–water partition coefficient (Wildman–Crippen LogP) is 4.12. The summed E-state index contributed by atoms with van der Waals surface area (Å²) in [6.07, 6.45) is 2.64. The van der Waals surface area contributed by atoms with Crippen molar-refractivity contribution in [2.24, 2.45) is 0 Å². The normalized spacial score (nSPS) is 16.5. The van der Waals surface area contributed by atoms with Crippen LogP contribution < -0.4 is 10.1 Å². The van der Waals surface area contributed by atoms with Crippen LogP contribution in [-0.4, -0.2) is 24.0 Å². The zero-order valence-electron chi connectivity index (χ0n) is 13.9.